The Hall–Kier alpha value is -0.0800. The van der Waals surface area contributed by atoms with Gasteiger partial charge in [-0.2, -0.15) is 0 Å². The molecule has 0 aliphatic carbocycles. The zero-order chi connectivity index (χ0) is 4.57. The molecule has 0 spiro atoms. The van der Waals surface area contributed by atoms with Gasteiger partial charge in [0.05, 0.1) is 13.3 Å². The Morgan fingerprint density at radius 1 is 1.00 bits per heavy atom. The fourth-order valence-corrected chi connectivity index (χ4v) is 0.783. The van der Waals surface area contributed by atoms with Gasteiger partial charge in [0, 0.05) is 0 Å². The van der Waals surface area contributed by atoms with E-state index in [1.54, 1.807) is 0 Å². The van der Waals surface area contributed by atoms with E-state index < -0.39 is 0 Å². The Labute approximate surface area is 45.7 Å². The highest BCUT2D eigenvalue weighted by atomic mass is 15.5. The predicted molar refractivity (Wildman–Crippen MR) is 32.0 cm³/mol. The molecule has 0 atom stereocenters. The van der Waals surface area contributed by atoms with Crippen molar-refractivity contribution in [3.8, 4) is 0 Å². The summed E-state index contributed by atoms with van der Waals surface area (Å²) < 4.78 is 0. The third-order valence-corrected chi connectivity index (χ3v) is 0.966. The molecule has 0 bridgehead atoms. The first kappa shape index (κ1) is 6.92. The summed E-state index contributed by atoms with van der Waals surface area (Å²) in [5.41, 5.74) is 0. The van der Waals surface area contributed by atoms with Crippen LogP contribution >= 0.6 is 0 Å². The molecule has 1 rings (SSSR count). The number of rotatable bonds is 0. The standard InChI is InChI=1S/C4H10N2.CH4/c1-5-3-6(2)4-5;/h3-4H2,1-2H3;1H4. The fourth-order valence-electron chi connectivity index (χ4n) is 0.783. The molecule has 1 heterocycles. The number of hydrogen-bond donors (Lipinski definition) is 0. The van der Waals surface area contributed by atoms with Gasteiger partial charge in [-0.05, 0) is 14.1 Å². The molecular formula is C5H14N2. The second kappa shape index (κ2) is 2.28. The van der Waals surface area contributed by atoms with Gasteiger partial charge < -0.3 is 0 Å². The molecule has 0 unspecified atom stereocenters. The van der Waals surface area contributed by atoms with Gasteiger partial charge in [0.1, 0.15) is 0 Å². The Morgan fingerprint density at radius 3 is 1.29 bits per heavy atom. The molecule has 0 saturated carbocycles. The molecular weight excluding hydrogens is 88.1 g/mol. The van der Waals surface area contributed by atoms with Gasteiger partial charge in [0.2, 0.25) is 0 Å². The van der Waals surface area contributed by atoms with Gasteiger partial charge in [0.15, 0.2) is 0 Å². The molecule has 0 N–H and O–H groups in total. The smallest absolute Gasteiger partial charge is 0.0523 e. The minimum atomic E-state index is 0. The van der Waals surface area contributed by atoms with Crippen molar-refractivity contribution in [3.05, 3.63) is 0 Å². The van der Waals surface area contributed by atoms with E-state index in [1.165, 1.54) is 0 Å². The van der Waals surface area contributed by atoms with Crippen molar-refractivity contribution in [1.82, 2.24) is 9.80 Å². The van der Waals surface area contributed by atoms with Crippen LogP contribution in [0, 0.1) is 0 Å². The van der Waals surface area contributed by atoms with Crippen molar-refractivity contribution in [3.63, 3.8) is 0 Å². The summed E-state index contributed by atoms with van der Waals surface area (Å²) in [4.78, 5) is 4.50. The molecule has 1 fully saturated rings. The summed E-state index contributed by atoms with van der Waals surface area (Å²) in [6.45, 7) is 2.28. The van der Waals surface area contributed by atoms with Crippen molar-refractivity contribution in [2.45, 2.75) is 7.43 Å². The molecule has 0 aromatic carbocycles. The molecule has 2 heteroatoms. The van der Waals surface area contributed by atoms with E-state index in [0.29, 0.717) is 0 Å². The highest BCUT2D eigenvalue weighted by Crippen LogP contribution is 1.98. The highest BCUT2D eigenvalue weighted by molar-refractivity contribution is 4.58. The average Bonchev–Trinajstić information content (AvgIpc) is 1.33. The lowest BCUT2D eigenvalue weighted by molar-refractivity contribution is 0.0149. The van der Waals surface area contributed by atoms with E-state index in [0.717, 1.165) is 13.3 Å². The topological polar surface area (TPSA) is 6.48 Å². The maximum atomic E-state index is 2.25. The Morgan fingerprint density at radius 2 is 1.29 bits per heavy atom. The van der Waals surface area contributed by atoms with E-state index in [4.69, 9.17) is 0 Å². The lowest BCUT2D eigenvalue weighted by Crippen LogP contribution is -2.50. The quantitative estimate of drug-likeness (QED) is 0.437. The maximum Gasteiger partial charge on any atom is 0.0523 e. The lowest BCUT2D eigenvalue weighted by atomic mass is 10.6. The minimum absolute atomic E-state index is 0. The first-order valence-corrected chi connectivity index (χ1v) is 2.16. The summed E-state index contributed by atoms with van der Waals surface area (Å²) in [5.74, 6) is 0. The molecule has 0 aromatic heterocycles. The zero-order valence-electron chi connectivity index (χ0n) is 4.31. The van der Waals surface area contributed by atoms with Crippen molar-refractivity contribution in [2.75, 3.05) is 27.4 Å². The van der Waals surface area contributed by atoms with Gasteiger partial charge in [-0.3, -0.25) is 9.80 Å². The van der Waals surface area contributed by atoms with Crippen LogP contribution in [0.3, 0.4) is 0 Å². The third kappa shape index (κ3) is 1.45. The van der Waals surface area contributed by atoms with Crippen molar-refractivity contribution in [2.24, 2.45) is 0 Å². The van der Waals surface area contributed by atoms with E-state index in [2.05, 4.69) is 23.9 Å². The molecule has 7 heavy (non-hydrogen) atoms. The van der Waals surface area contributed by atoms with Crippen LogP contribution in [0.1, 0.15) is 7.43 Å². The molecule has 1 aliphatic rings. The average molecular weight is 102 g/mol. The summed E-state index contributed by atoms with van der Waals surface area (Å²) >= 11 is 0. The van der Waals surface area contributed by atoms with Crippen LogP contribution in [0.4, 0.5) is 0 Å². The minimum Gasteiger partial charge on any atom is -0.280 e. The van der Waals surface area contributed by atoms with Crippen LogP contribution in [0.2, 0.25) is 0 Å². The third-order valence-electron chi connectivity index (χ3n) is 0.966. The maximum absolute atomic E-state index is 2.25. The van der Waals surface area contributed by atoms with Gasteiger partial charge in [-0.1, -0.05) is 7.43 Å². The van der Waals surface area contributed by atoms with Crippen LogP contribution in [-0.4, -0.2) is 37.2 Å². The number of nitrogens with zero attached hydrogens (tertiary/aromatic N) is 2. The second-order valence-electron chi connectivity index (χ2n) is 1.99. The largest absolute Gasteiger partial charge is 0.280 e. The predicted octanol–water partition coefficient (Wildman–Crippen LogP) is 0.415. The van der Waals surface area contributed by atoms with Gasteiger partial charge in [-0.15, -0.1) is 0 Å². The van der Waals surface area contributed by atoms with Crippen molar-refractivity contribution >= 4 is 0 Å². The van der Waals surface area contributed by atoms with E-state index >= 15 is 0 Å². The van der Waals surface area contributed by atoms with Crippen LogP contribution in [-0.2, 0) is 0 Å². The van der Waals surface area contributed by atoms with Gasteiger partial charge in [0.25, 0.3) is 0 Å². The lowest BCUT2D eigenvalue weighted by Gasteiger charge is -2.36. The monoisotopic (exact) mass is 102 g/mol. The second-order valence-corrected chi connectivity index (χ2v) is 1.99. The molecule has 44 valence electrons. The van der Waals surface area contributed by atoms with E-state index in [9.17, 15) is 0 Å². The van der Waals surface area contributed by atoms with Gasteiger partial charge >= 0.3 is 0 Å². The van der Waals surface area contributed by atoms with Crippen LogP contribution < -0.4 is 0 Å². The van der Waals surface area contributed by atoms with E-state index in [-0.39, 0.29) is 7.43 Å². The Balaban J connectivity index is 0.000000360. The summed E-state index contributed by atoms with van der Waals surface area (Å²) in [6, 6.07) is 0. The summed E-state index contributed by atoms with van der Waals surface area (Å²) in [5, 5.41) is 0. The Bertz CT molecular complexity index is 42.0. The SMILES string of the molecule is C.CN1CN(C)C1. The molecule has 1 aliphatic heterocycles. The normalized spacial score (nSPS) is 23.1. The van der Waals surface area contributed by atoms with Crippen LogP contribution in [0.25, 0.3) is 0 Å². The highest BCUT2D eigenvalue weighted by Gasteiger charge is 2.12. The molecule has 0 aromatic rings. The summed E-state index contributed by atoms with van der Waals surface area (Å²) in [7, 11) is 4.22. The van der Waals surface area contributed by atoms with Crippen LogP contribution in [0.15, 0.2) is 0 Å². The van der Waals surface area contributed by atoms with Gasteiger partial charge in [-0.25, -0.2) is 0 Å². The molecule has 0 amide bonds. The number of hydrogen-bond acceptors (Lipinski definition) is 2. The van der Waals surface area contributed by atoms with Crippen molar-refractivity contribution in [1.29, 1.82) is 0 Å². The van der Waals surface area contributed by atoms with Crippen LogP contribution in [0.5, 0.6) is 0 Å². The summed E-state index contributed by atoms with van der Waals surface area (Å²) in [6.07, 6.45) is 0. The fraction of sp³-hybridized carbons (Fsp3) is 1.00. The zero-order valence-corrected chi connectivity index (χ0v) is 4.31. The first-order chi connectivity index (χ1) is 2.79. The molecule has 0 radical (unpaired) electrons. The van der Waals surface area contributed by atoms with E-state index in [1.807, 2.05) is 0 Å². The van der Waals surface area contributed by atoms with Crippen molar-refractivity contribution < 1.29 is 0 Å². The molecule has 1 saturated heterocycles. The first-order valence-electron chi connectivity index (χ1n) is 2.16. The molecule has 2 nitrogen and oxygen atoms in total. The Kier molecular flexibility index (Phi) is 2.26.